The van der Waals surface area contributed by atoms with Crippen LogP contribution in [-0.2, 0) is 19.5 Å². The molecular weight excluding hydrogens is 384 g/mol. The van der Waals surface area contributed by atoms with Gasteiger partial charge in [0, 0.05) is 60.0 Å². The van der Waals surface area contributed by atoms with Crippen LogP contribution in [-0.4, -0.2) is 26.6 Å². The van der Waals surface area contributed by atoms with Gasteiger partial charge in [0.1, 0.15) is 0 Å². The van der Waals surface area contributed by atoms with Gasteiger partial charge in [0.15, 0.2) is 11.6 Å². The van der Waals surface area contributed by atoms with Crippen molar-refractivity contribution in [1.29, 1.82) is 0 Å². The van der Waals surface area contributed by atoms with Gasteiger partial charge in [-0.1, -0.05) is 47.1 Å². The van der Waals surface area contributed by atoms with E-state index in [2.05, 4.69) is 15.0 Å². The van der Waals surface area contributed by atoms with Crippen LogP contribution in [0.5, 0.6) is 0 Å². The number of nitrogens with zero attached hydrogens (tertiary/aromatic N) is 4. The maximum Gasteiger partial charge on any atom is 0.167 e. The molecule has 2 aromatic carbocycles. The van der Waals surface area contributed by atoms with Crippen LogP contribution in [0.3, 0.4) is 0 Å². The van der Waals surface area contributed by atoms with E-state index in [1.54, 1.807) is 0 Å². The summed E-state index contributed by atoms with van der Waals surface area (Å²) in [5.74, 6) is 1.55. The van der Waals surface area contributed by atoms with Crippen LogP contribution in [0.15, 0.2) is 71.4 Å². The van der Waals surface area contributed by atoms with Crippen LogP contribution < -0.4 is 0 Å². The van der Waals surface area contributed by atoms with Crippen molar-refractivity contribution in [2.75, 3.05) is 6.54 Å². The number of rotatable bonds is 4. The van der Waals surface area contributed by atoms with Crippen LogP contribution in [0.2, 0.25) is 5.02 Å². The van der Waals surface area contributed by atoms with Crippen LogP contribution in [0.4, 0.5) is 0 Å². The molecule has 6 heteroatoms. The van der Waals surface area contributed by atoms with Gasteiger partial charge in [-0.2, -0.15) is 0 Å². The molecule has 0 unspecified atom stereocenters. The summed E-state index contributed by atoms with van der Waals surface area (Å²) in [6.45, 7) is 2.48. The van der Waals surface area contributed by atoms with Crippen molar-refractivity contribution in [1.82, 2.24) is 20.0 Å². The smallest absolute Gasteiger partial charge is 0.167 e. The van der Waals surface area contributed by atoms with E-state index in [1.807, 2.05) is 66.9 Å². The van der Waals surface area contributed by atoms with E-state index in [1.165, 1.54) is 5.56 Å². The quantitative estimate of drug-likeness (QED) is 0.480. The van der Waals surface area contributed by atoms with Crippen molar-refractivity contribution in [3.8, 4) is 22.7 Å². The molecule has 0 saturated carbocycles. The van der Waals surface area contributed by atoms with Gasteiger partial charge < -0.3 is 4.52 Å². The maximum atomic E-state index is 5.96. The minimum atomic E-state index is 0.707. The Bertz CT molecular complexity index is 1130. The molecule has 0 radical (unpaired) electrons. The van der Waals surface area contributed by atoms with Crippen molar-refractivity contribution in [3.05, 3.63) is 88.8 Å². The molecule has 0 aliphatic carbocycles. The fraction of sp³-hybridized carbons (Fsp3) is 0.174. The van der Waals surface area contributed by atoms with Crippen LogP contribution in [0.1, 0.15) is 17.0 Å². The zero-order valence-electron chi connectivity index (χ0n) is 15.8. The third-order valence-corrected chi connectivity index (χ3v) is 5.37. The number of hydrogen-bond acceptors (Lipinski definition) is 5. The minimum absolute atomic E-state index is 0.707. The van der Waals surface area contributed by atoms with Crippen molar-refractivity contribution in [3.63, 3.8) is 0 Å². The first-order chi connectivity index (χ1) is 14.2. The number of fused-ring (bicyclic) bond motifs is 1. The lowest BCUT2D eigenvalue weighted by molar-refractivity contribution is 0.235. The Morgan fingerprint density at radius 2 is 1.83 bits per heavy atom. The summed E-state index contributed by atoms with van der Waals surface area (Å²) in [4.78, 5) is 11.7. The summed E-state index contributed by atoms with van der Waals surface area (Å²) in [6, 6.07) is 19.7. The first-order valence-electron chi connectivity index (χ1n) is 9.59. The molecule has 0 fully saturated rings. The zero-order chi connectivity index (χ0) is 19.6. The van der Waals surface area contributed by atoms with E-state index in [4.69, 9.17) is 21.1 Å². The summed E-state index contributed by atoms with van der Waals surface area (Å²) in [5.41, 5.74) is 5.25. The summed E-state index contributed by atoms with van der Waals surface area (Å²) < 4.78 is 5.52. The monoisotopic (exact) mass is 402 g/mol. The molecule has 1 aliphatic heterocycles. The summed E-state index contributed by atoms with van der Waals surface area (Å²) in [6.07, 6.45) is 2.86. The molecule has 0 amide bonds. The number of hydrogen-bond donors (Lipinski definition) is 0. The van der Waals surface area contributed by atoms with Gasteiger partial charge in [-0.05, 0) is 24.3 Å². The maximum absolute atomic E-state index is 5.96. The Hall–Kier alpha value is -3.02. The van der Waals surface area contributed by atoms with Crippen LogP contribution in [0, 0.1) is 0 Å². The average molecular weight is 403 g/mol. The second-order valence-electron chi connectivity index (χ2n) is 7.18. The van der Waals surface area contributed by atoms with Crippen LogP contribution in [0.25, 0.3) is 22.7 Å². The molecule has 29 heavy (non-hydrogen) atoms. The van der Waals surface area contributed by atoms with E-state index in [9.17, 15) is 0 Å². The molecule has 144 valence electrons. The van der Waals surface area contributed by atoms with Gasteiger partial charge >= 0.3 is 0 Å². The van der Waals surface area contributed by atoms with Gasteiger partial charge in [-0.3, -0.25) is 4.90 Å². The lowest BCUT2D eigenvalue weighted by Gasteiger charge is -2.27. The lowest BCUT2D eigenvalue weighted by Crippen LogP contribution is -2.31. The Morgan fingerprint density at radius 3 is 2.66 bits per heavy atom. The topological polar surface area (TPSA) is 55.1 Å². The highest BCUT2D eigenvalue weighted by molar-refractivity contribution is 6.30. The van der Waals surface area contributed by atoms with Gasteiger partial charge in [0.05, 0.1) is 11.4 Å². The van der Waals surface area contributed by atoms with Crippen molar-refractivity contribution in [2.45, 2.75) is 19.5 Å². The molecular formula is C23H19ClN4O. The fourth-order valence-corrected chi connectivity index (χ4v) is 3.73. The second kappa shape index (κ2) is 7.78. The van der Waals surface area contributed by atoms with E-state index in [-0.39, 0.29) is 0 Å². The van der Waals surface area contributed by atoms with Crippen LogP contribution >= 0.6 is 11.6 Å². The largest absolute Gasteiger partial charge is 0.356 e. The lowest BCUT2D eigenvalue weighted by atomic mass is 10.1. The van der Waals surface area contributed by atoms with Gasteiger partial charge in [0.25, 0.3) is 0 Å². The predicted octanol–water partition coefficient (Wildman–Crippen LogP) is 5.01. The highest BCUT2D eigenvalue weighted by atomic mass is 35.5. The highest BCUT2D eigenvalue weighted by Crippen LogP contribution is 2.25. The first kappa shape index (κ1) is 18.0. The SMILES string of the molecule is Clc1ccc(-c2cc(CN3CCc4nc(-c5ccccc5)ncc4C3)no2)cc1. The van der Waals surface area contributed by atoms with Crippen molar-refractivity contribution < 1.29 is 4.52 Å². The fourth-order valence-electron chi connectivity index (χ4n) is 3.60. The Morgan fingerprint density at radius 1 is 1.00 bits per heavy atom. The average Bonchev–Trinajstić information content (AvgIpc) is 3.23. The molecule has 4 aromatic rings. The van der Waals surface area contributed by atoms with E-state index in [0.29, 0.717) is 5.02 Å². The molecule has 3 heterocycles. The zero-order valence-corrected chi connectivity index (χ0v) is 16.5. The van der Waals surface area contributed by atoms with E-state index < -0.39 is 0 Å². The molecule has 0 atom stereocenters. The standard InChI is InChI=1S/C23H19ClN4O/c24-19-8-6-16(7-9-19)22-12-20(27-29-22)15-28-11-10-21-18(14-28)13-25-23(26-21)17-4-2-1-3-5-17/h1-9,12-13H,10-11,14-15H2. The Labute approximate surface area is 174 Å². The number of benzene rings is 2. The Balaban J connectivity index is 1.29. The van der Waals surface area contributed by atoms with Crippen molar-refractivity contribution >= 4 is 11.6 Å². The Kier molecular flexibility index (Phi) is 4.84. The highest BCUT2D eigenvalue weighted by Gasteiger charge is 2.20. The predicted molar refractivity (Wildman–Crippen MR) is 112 cm³/mol. The molecule has 0 N–H and O–H groups in total. The summed E-state index contributed by atoms with van der Waals surface area (Å²) >= 11 is 5.96. The minimum Gasteiger partial charge on any atom is -0.356 e. The van der Waals surface area contributed by atoms with E-state index >= 15 is 0 Å². The first-order valence-corrected chi connectivity index (χ1v) is 9.96. The van der Waals surface area contributed by atoms with Crippen molar-refractivity contribution in [2.24, 2.45) is 0 Å². The third-order valence-electron chi connectivity index (χ3n) is 5.12. The summed E-state index contributed by atoms with van der Waals surface area (Å²) in [7, 11) is 0. The molecule has 2 aromatic heterocycles. The number of halogens is 1. The number of aromatic nitrogens is 3. The normalized spacial score (nSPS) is 14.0. The molecule has 0 bridgehead atoms. The molecule has 5 rings (SSSR count). The molecule has 5 nitrogen and oxygen atoms in total. The van der Waals surface area contributed by atoms with Gasteiger partial charge in [-0.25, -0.2) is 9.97 Å². The van der Waals surface area contributed by atoms with E-state index in [0.717, 1.165) is 60.2 Å². The second-order valence-corrected chi connectivity index (χ2v) is 7.62. The molecule has 1 aliphatic rings. The van der Waals surface area contributed by atoms with Gasteiger partial charge in [-0.15, -0.1) is 0 Å². The van der Waals surface area contributed by atoms with Gasteiger partial charge in [0.2, 0.25) is 0 Å². The summed E-state index contributed by atoms with van der Waals surface area (Å²) in [5, 5.41) is 4.94. The third kappa shape index (κ3) is 3.92. The molecule has 0 spiro atoms. The molecule has 0 saturated heterocycles.